The van der Waals surface area contributed by atoms with Crippen molar-refractivity contribution in [3.8, 4) is 0 Å². The fraction of sp³-hybridized carbons (Fsp3) is 0.700. The van der Waals surface area contributed by atoms with Crippen LogP contribution in [0.15, 0.2) is 0 Å². The van der Waals surface area contributed by atoms with Crippen molar-refractivity contribution in [3.05, 3.63) is 5.01 Å². The summed E-state index contributed by atoms with van der Waals surface area (Å²) >= 11 is 1.41. The first-order valence-corrected chi connectivity index (χ1v) is 6.31. The smallest absolute Gasteiger partial charge is 0.229 e. The lowest BCUT2D eigenvalue weighted by Crippen LogP contribution is -2.40. The van der Waals surface area contributed by atoms with E-state index in [4.69, 9.17) is 0 Å². The van der Waals surface area contributed by atoms with Gasteiger partial charge in [0.1, 0.15) is 5.01 Å². The minimum Gasteiger partial charge on any atom is -0.314 e. The molecule has 2 heterocycles. The Kier molecular flexibility index (Phi) is 3.50. The summed E-state index contributed by atoms with van der Waals surface area (Å²) < 4.78 is 0. The molecule has 0 aromatic carbocycles. The van der Waals surface area contributed by atoms with Gasteiger partial charge in [0.2, 0.25) is 11.0 Å². The van der Waals surface area contributed by atoms with E-state index in [0.29, 0.717) is 11.2 Å². The average molecular weight is 240 g/mol. The van der Waals surface area contributed by atoms with Gasteiger partial charge >= 0.3 is 0 Å². The van der Waals surface area contributed by atoms with Crippen LogP contribution < -0.4 is 10.6 Å². The van der Waals surface area contributed by atoms with Crippen LogP contribution in [0.3, 0.4) is 0 Å². The van der Waals surface area contributed by atoms with Crippen molar-refractivity contribution in [1.82, 2.24) is 15.5 Å². The van der Waals surface area contributed by atoms with Crippen molar-refractivity contribution in [1.29, 1.82) is 0 Å². The number of nitrogens with zero attached hydrogens (tertiary/aromatic N) is 2. The standard InChI is InChI=1S/C10H16N4OS/c1-6-5-8(3-4-11-6)9(15)12-10-14-13-7(2)16-10/h6,8,11H,3-5H2,1-2H3,(H,12,14,15)/t6-,8-/m0/s1. The molecular formula is C10H16N4OS. The third kappa shape index (κ3) is 2.76. The Bertz CT molecular complexity index is 379. The molecule has 2 rings (SSSR count). The molecule has 0 radical (unpaired) electrons. The maximum absolute atomic E-state index is 11.9. The quantitative estimate of drug-likeness (QED) is 0.814. The van der Waals surface area contributed by atoms with Crippen LogP contribution in [0.2, 0.25) is 0 Å². The summed E-state index contributed by atoms with van der Waals surface area (Å²) in [4.78, 5) is 11.9. The first kappa shape index (κ1) is 11.5. The van der Waals surface area contributed by atoms with Gasteiger partial charge in [0.25, 0.3) is 0 Å². The fourth-order valence-corrected chi connectivity index (χ4v) is 2.52. The molecule has 0 aliphatic carbocycles. The van der Waals surface area contributed by atoms with Crippen molar-refractivity contribution < 1.29 is 4.79 Å². The second-order valence-corrected chi connectivity index (χ2v) is 5.37. The van der Waals surface area contributed by atoms with Crippen LogP contribution in [0.1, 0.15) is 24.8 Å². The fourth-order valence-electron chi connectivity index (χ4n) is 1.92. The molecule has 2 atom stereocenters. The molecule has 1 aromatic rings. The van der Waals surface area contributed by atoms with Gasteiger partial charge in [-0.3, -0.25) is 4.79 Å². The summed E-state index contributed by atoms with van der Waals surface area (Å²) in [7, 11) is 0. The molecule has 6 heteroatoms. The monoisotopic (exact) mass is 240 g/mol. The summed E-state index contributed by atoms with van der Waals surface area (Å²) in [6.45, 7) is 4.89. The Morgan fingerprint density at radius 2 is 2.38 bits per heavy atom. The number of amides is 1. The molecule has 0 bridgehead atoms. The number of piperidine rings is 1. The molecule has 1 aliphatic heterocycles. The molecule has 1 saturated heterocycles. The van der Waals surface area contributed by atoms with E-state index in [2.05, 4.69) is 27.8 Å². The zero-order valence-electron chi connectivity index (χ0n) is 9.49. The Balaban J connectivity index is 1.92. The maximum Gasteiger partial charge on any atom is 0.229 e. The minimum absolute atomic E-state index is 0.0736. The number of carbonyl (C=O) groups is 1. The maximum atomic E-state index is 11.9. The van der Waals surface area contributed by atoms with Crippen LogP contribution >= 0.6 is 11.3 Å². The highest BCUT2D eigenvalue weighted by molar-refractivity contribution is 7.15. The molecule has 0 unspecified atom stereocenters. The lowest BCUT2D eigenvalue weighted by atomic mass is 9.93. The van der Waals surface area contributed by atoms with Gasteiger partial charge in [-0.25, -0.2) is 0 Å². The SMILES string of the molecule is Cc1nnc(NC(=O)[C@H]2CCN[C@@H](C)C2)s1. The van der Waals surface area contributed by atoms with E-state index in [-0.39, 0.29) is 11.8 Å². The summed E-state index contributed by atoms with van der Waals surface area (Å²) in [6.07, 6.45) is 1.79. The van der Waals surface area contributed by atoms with Crippen LogP contribution in [-0.2, 0) is 4.79 Å². The number of aryl methyl sites for hydroxylation is 1. The molecule has 1 aromatic heterocycles. The van der Waals surface area contributed by atoms with Gasteiger partial charge in [-0.15, -0.1) is 10.2 Å². The van der Waals surface area contributed by atoms with Gasteiger partial charge < -0.3 is 10.6 Å². The summed E-state index contributed by atoms with van der Waals surface area (Å²) in [5.74, 6) is 0.171. The third-order valence-corrected chi connectivity index (χ3v) is 3.50. The van der Waals surface area contributed by atoms with E-state index < -0.39 is 0 Å². The minimum atomic E-state index is 0.0736. The predicted octanol–water partition coefficient (Wildman–Crippen LogP) is 1.17. The Morgan fingerprint density at radius 3 is 3.00 bits per heavy atom. The zero-order valence-corrected chi connectivity index (χ0v) is 10.3. The van der Waals surface area contributed by atoms with Crippen LogP contribution in [0.4, 0.5) is 5.13 Å². The van der Waals surface area contributed by atoms with Crippen molar-refractivity contribution in [3.63, 3.8) is 0 Å². The van der Waals surface area contributed by atoms with E-state index in [1.807, 2.05) is 6.92 Å². The molecule has 88 valence electrons. The second kappa shape index (κ2) is 4.88. The lowest BCUT2D eigenvalue weighted by molar-refractivity contribution is -0.120. The molecule has 1 fully saturated rings. The number of carbonyl (C=O) groups excluding carboxylic acids is 1. The highest BCUT2D eigenvalue weighted by Gasteiger charge is 2.25. The normalized spacial score (nSPS) is 25.4. The third-order valence-electron chi connectivity index (χ3n) is 2.75. The van der Waals surface area contributed by atoms with Gasteiger partial charge in [-0.05, 0) is 33.2 Å². The van der Waals surface area contributed by atoms with Gasteiger partial charge in [-0.1, -0.05) is 11.3 Å². The van der Waals surface area contributed by atoms with Gasteiger partial charge in [0.05, 0.1) is 0 Å². The Morgan fingerprint density at radius 1 is 1.56 bits per heavy atom. The number of nitrogens with one attached hydrogen (secondary N) is 2. The number of hydrogen-bond acceptors (Lipinski definition) is 5. The number of anilines is 1. The largest absolute Gasteiger partial charge is 0.314 e. The summed E-state index contributed by atoms with van der Waals surface area (Å²) in [6, 6.07) is 0.417. The van der Waals surface area contributed by atoms with Crippen molar-refractivity contribution in [2.24, 2.45) is 5.92 Å². The highest BCUT2D eigenvalue weighted by Crippen LogP contribution is 2.20. The molecular weight excluding hydrogens is 224 g/mol. The lowest BCUT2D eigenvalue weighted by Gasteiger charge is -2.26. The zero-order chi connectivity index (χ0) is 11.5. The summed E-state index contributed by atoms with van der Waals surface area (Å²) in [5, 5.41) is 15.4. The van der Waals surface area contributed by atoms with E-state index >= 15 is 0 Å². The van der Waals surface area contributed by atoms with E-state index in [1.54, 1.807) is 0 Å². The first-order valence-electron chi connectivity index (χ1n) is 5.49. The van der Waals surface area contributed by atoms with E-state index in [9.17, 15) is 4.79 Å². The molecule has 0 spiro atoms. The van der Waals surface area contributed by atoms with Crippen molar-refractivity contribution in [2.45, 2.75) is 32.7 Å². The van der Waals surface area contributed by atoms with Crippen molar-refractivity contribution >= 4 is 22.4 Å². The molecule has 2 N–H and O–H groups in total. The van der Waals surface area contributed by atoms with Gasteiger partial charge in [0.15, 0.2) is 0 Å². The topological polar surface area (TPSA) is 66.9 Å². The molecule has 1 amide bonds. The second-order valence-electron chi connectivity index (χ2n) is 4.19. The number of hydrogen-bond donors (Lipinski definition) is 2. The van der Waals surface area contributed by atoms with Crippen LogP contribution in [0.25, 0.3) is 0 Å². The van der Waals surface area contributed by atoms with E-state index in [0.717, 1.165) is 24.4 Å². The highest BCUT2D eigenvalue weighted by atomic mass is 32.1. The Hall–Kier alpha value is -1.01. The van der Waals surface area contributed by atoms with Crippen LogP contribution in [-0.4, -0.2) is 28.7 Å². The Labute approximate surface area is 98.7 Å². The summed E-state index contributed by atoms with van der Waals surface area (Å²) in [5.41, 5.74) is 0. The first-order chi connectivity index (χ1) is 7.65. The van der Waals surface area contributed by atoms with Crippen molar-refractivity contribution in [2.75, 3.05) is 11.9 Å². The van der Waals surface area contributed by atoms with E-state index in [1.165, 1.54) is 11.3 Å². The molecule has 1 aliphatic rings. The number of rotatable bonds is 2. The van der Waals surface area contributed by atoms with Gasteiger partial charge in [-0.2, -0.15) is 0 Å². The van der Waals surface area contributed by atoms with Crippen LogP contribution in [0, 0.1) is 12.8 Å². The molecule has 0 saturated carbocycles. The van der Waals surface area contributed by atoms with Crippen LogP contribution in [0.5, 0.6) is 0 Å². The number of aromatic nitrogens is 2. The van der Waals surface area contributed by atoms with Gasteiger partial charge in [0, 0.05) is 12.0 Å². The predicted molar refractivity (Wildman–Crippen MR) is 63.5 cm³/mol. The average Bonchev–Trinajstić information content (AvgIpc) is 2.64. The molecule has 5 nitrogen and oxygen atoms in total. The molecule has 16 heavy (non-hydrogen) atoms.